The van der Waals surface area contributed by atoms with Gasteiger partial charge in [0.1, 0.15) is 0 Å². The first-order valence-electron chi connectivity index (χ1n) is 8.12. The van der Waals surface area contributed by atoms with E-state index >= 15 is 0 Å². The van der Waals surface area contributed by atoms with Gasteiger partial charge in [-0.2, -0.15) is 0 Å². The molecule has 0 aliphatic carbocycles. The van der Waals surface area contributed by atoms with Gasteiger partial charge in [0.25, 0.3) is 0 Å². The fraction of sp³-hybridized carbons (Fsp3) is 0.867. The van der Waals surface area contributed by atoms with Crippen LogP contribution in [-0.2, 0) is 9.59 Å². The number of piperidine rings is 1. The van der Waals surface area contributed by atoms with E-state index in [0.29, 0.717) is 19.5 Å². The third kappa shape index (κ3) is 6.91. The monoisotopic (exact) mass is 298 g/mol. The van der Waals surface area contributed by atoms with Crippen molar-refractivity contribution >= 4 is 11.8 Å². The maximum absolute atomic E-state index is 12.1. The van der Waals surface area contributed by atoms with Crippen molar-refractivity contribution < 1.29 is 9.59 Å². The van der Waals surface area contributed by atoms with Gasteiger partial charge in [-0.3, -0.25) is 14.5 Å². The minimum absolute atomic E-state index is 0.00933. The zero-order chi connectivity index (χ0) is 15.5. The molecule has 1 unspecified atom stereocenters. The van der Waals surface area contributed by atoms with Crippen molar-refractivity contribution in [2.45, 2.75) is 45.1 Å². The van der Waals surface area contributed by atoms with Crippen molar-refractivity contribution in [2.75, 3.05) is 39.8 Å². The number of hydrogen-bond donors (Lipinski definition) is 3. The molecule has 1 aliphatic heterocycles. The average Bonchev–Trinajstić information content (AvgIpc) is 2.51. The second-order valence-electron chi connectivity index (χ2n) is 5.49. The van der Waals surface area contributed by atoms with Crippen LogP contribution in [0.5, 0.6) is 0 Å². The molecule has 0 aromatic rings. The number of likely N-dealkylation sites (tertiary alicyclic amines) is 1. The van der Waals surface area contributed by atoms with Gasteiger partial charge in [0, 0.05) is 19.5 Å². The Kier molecular flexibility index (Phi) is 9.01. The van der Waals surface area contributed by atoms with E-state index in [1.54, 1.807) is 0 Å². The second kappa shape index (κ2) is 10.6. The van der Waals surface area contributed by atoms with E-state index in [-0.39, 0.29) is 17.9 Å². The van der Waals surface area contributed by atoms with Crippen molar-refractivity contribution in [3.8, 4) is 0 Å². The number of carbonyl (C=O) groups is 2. The van der Waals surface area contributed by atoms with Gasteiger partial charge < -0.3 is 16.0 Å². The lowest BCUT2D eigenvalue weighted by atomic mass is 10.0. The highest BCUT2D eigenvalue weighted by molar-refractivity contribution is 5.82. The SMILES string of the molecule is CCN1CCCCC1C(=O)NCCNC(=O)CCCNC. The molecule has 1 fully saturated rings. The third-order valence-electron chi connectivity index (χ3n) is 3.90. The first-order valence-corrected chi connectivity index (χ1v) is 8.12. The number of rotatable bonds is 9. The molecule has 122 valence electrons. The largest absolute Gasteiger partial charge is 0.354 e. The van der Waals surface area contributed by atoms with Gasteiger partial charge in [-0.15, -0.1) is 0 Å². The van der Waals surface area contributed by atoms with Gasteiger partial charge in [0.05, 0.1) is 6.04 Å². The number of nitrogens with one attached hydrogen (secondary N) is 3. The molecule has 3 N–H and O–H groups in total. The number of likely N-dealkylation sites (N-methyl/N-ethyl adjacent to an activating group) is 1. The van der Waals surface area contributed by atoms with E-state index in [9.17, 15) is 9.59 Å². The Morgan fingerprint density at radius 1 is 1.14 bits per heavy atom. The Hall–Kier alpha value is -1.14. The van der Waals surface area contributed by atoms with E-state index in [0.717, 1.165) is 38.9 Å². The maximum Gasteiger partial charge on any atom is 0.237 e. The number of amides is 2. The highest BCUT2D eigenvalue weighted by Crippen LogP contribution is 2.16. The molecule has 0 saturated carbocycles. The fourth-order valence-electron chi connectivity index (χ4n) is 2.69. The molecule has 1 saturated heterocycles. The predicted octanol–water partition coefficient (Wildman–Crippen LogP) is 0.0928. The van der Waals surface area contributed by atoms with Crippen molar-refractivity contribution in [3.05, 3.63) is 0 Å². The predicted molar refractivity (Wildman–Crippen MR) is 84.1 cm³/mol. The van der Waals surface area contributed by atoms with Crippen LogP contribution in [0, 0.1) is 0 Å². The minimum Gasteiger partial charge on any atom is -0.354 e. The minimum atomic E-state index is 0.00933. The molecular formula is C15H30N4O2. The Balaban J connectivity index is 2.13. The van der Waals surface area contributed by atoms with Crippen LogP contribution in [0.15, 0.2) is 0 Å². The van der Waals surface area contributed by atoms with E-state index in [2.05, 4.69) is 27.8 Å². The molecule has 6 heteroatoms. The molecule has 2 amide bonds. The molecule has 0 aromatic heterocycles. The summed E-state index contributed by atoms with van der Waals surface area (Å²) < 4.78 is 0. The Morgan fingerprint density at radius 3 is 2.62 bits per heavy atom. The average molecular weight is 298 g/mol. The standard InChI is InChI=1S/C15H30N4O2/c1-3-19-12-5-4-7-13(19)15(21)18-11-10-17-14(20)8-6-9-16-2/h13,16H,3-12H2,1-2H3,(H,17,20)(H,18,21). The quantitative estimate of drug-likeness (QED) is 0.528. The summed E-state index contributed by atoms with van der Waals surface area (Å²) in [6.45, 7) is 5.88. The number of hydrogen-bond acceptors (Lipinski definition) is 4. The number of carbonyl (C=O) groups excluding carboxylic acids is 2. The lowest BCUT2D eigenvalue weighted by molar-refractivity contribution is -0.128. The van der Waals surface area contributed by atoms with Crippen LogP contribution in [0.4, 0.5) is 0 Å². The second-order valence-corrected chi connectivity index (χ2v) is 5.49. The Morgan fingerprint density at radius 2 is 1.90 bits per heavy atom. The van der Waals surface area contributed by atoms with E-state index < -0.39 is 0 Å². The van der Waals surface area contributed by atoms with Gasteiger partial charge in [0.2, 0.25) is 11.8 Å². The van der Waals surface area contributed by atoms with Gasteiger partial charge in [-0.1, -0.05) is 13.3 Å². The Labute approximate surface area is 128 Å². The van der Waals surface area contributed by atoms with Crippen molar-refractivity contribution in [2.24, 2.45) is 0 Å². The zero-order valence-corrected chi connectivity index (χ0v) is 13.4. The van der Waals surface area contributed by atoms with Crippen LogP contribution < -0.4 is 16.0 Å². The smallest absolute Gasteiger partial charge is 0.237 e. The van der Waals surface area contributed by atoms with Crippen molar-refractivity contribution in [1.29, 1.82) is 0 Å². The van der Waals surface area contributed by atoms with Crippen LogP contribution >= 0.6 is 0 Å². The summed E-state index contributed by atoms with van der Waals surface area (Å²) in [6.07, 6.45) is 4.61. The highest BCUT2D eigenvalue weighted by Gasteiger charge is 2.26. The summed E-state index contributed by atoms with van der Waals surface area (Å²) in [5.74, 6) is 0.147. The maximum atomic E-state index is 12.1. The van der Waals surface area contributed by atoms with Crippen LogP contribution in [0.3, 0.4) is 0 Å². The fourth-order valence-corrected chi connectivity index (χ4v) is 2.69. The summed E-state index contributed by atoms with van der Waals surface area (Å²) in [5, 5.41) is 8.77. The molecule has 1 heterocycles. The molecule has 1 atom stereocenters. The van der Waals surface area contributed by atoms with Gasteiger partial charge in [0.15, 0.2) is 0 Å². The Bertz CT molecular complexity index is 323. The topological polar surface area (TPSA) is 73.5 Å². The lowest BCUT2D eigenvalue weighted by Gasteiger charge is -2.33. The third-order valence-corrected chi connectivity index (χ3v) is 3.90. The molecular weight excluding hydrogens is 268 g/mol. The van der Waals surface area contributed by atoms with E-state index in [1.807, 2.05) is 7.05 Å². The zero-order valence-electron chi connectivity index (χ0n) is 13.4. The molecule has 0 aromatic carbocycles. The normalized spacial score (nSPS) is 19.2. The molecule has 21 heavy (non-hydrogen) atoms. The molecule has 0 spiro atoms. The molecule has 1 rings (SSSR count). The van der Waals surface area contributed by atoms with Crippen molar-refractivity contribution in [3.63, 3.8) is 0 Å². The summed E-state index contributed by atoms with van der Waals surface area (Å²) >= 11 is 0. The first kappa shape index (κ1) is 17.9. The van der Waals surface area contributed by atoms with Crippen LogP contribution in [0.1, 0.15) is 39.0 Å². The molecule has 0 radical (unpaired) electrons. The lowest BCUT2D eigenvalue weighted by Crippen LogP contribution is -2.50. The van der Waals surface area contributed by atoms with Crippen LogP contribution in [-0.4, -0.2) is 62.5 Å². The molecule has 6 nitrogen and oxygen atoms in total. The molecule has 1 aliphatic rings. The summed E-state index contributed by atoms with van der Waals surface area (Å²) in [4.78, 5) is 25.9. The van der Waals surface area contributed by atoms with Crippen molar-refractivity contribution in [1.82, 2.24) is 20.9 Å². The van der Waals surface area contributed by atoms with Gasteiger partial charge >= 0.3 is 0 Å². The first-order chi connectivity index (χ1) is 10.2. The highest BCUT2D eigenvalue weighted by atomic mass is 16.2. The summed E-state index contributed by atoms with van der Waals surface area (Å²) in [5.41, 5.74) is 0. The van der Waals surface area contributed by atoms with Gasteiger partial charge in [-0.05, 0) is 45.9 Å². The molecule has 0 bridgehead atoms. The summed E-state index contributed by atoms with van der Waals surface area (Å²) in [7, 11) is 1.87. The van der Waals surface area contributed by atoms with E-state index in [4.69, 9.17) is 0 Å². The van der Waals surface area contributed by atoms with Gasteiger partial charge in [-0.25, -0.2) is 0 Å². The number of nitrogens with zero attached hydrogens (tertiary/aromatic N) is 1. The summed E-state index contributed by atoms with van der Waals surface area (Å²) in [6, 6.07) is 0.00933. The van der Waals surface area contributed by atoms with E-state index in [1.165, 1.54) is 6.42 Å². The van der Waals surface area contributed by atoms with Crippen LogP contribution in [0.2, 0.25) is 0 Å². The van der Waals surface area contributed by atoms with Crippen LogP contribution in [0.25, 0.3) is 0 Å².